The molecular weight excluding hydrogens is 368 g/mol. The molecule has 0 spiro atoms. The molecule has 6 nitrogen and oxygen atoms in total. The van der Waals surface area contributed by atoms with Crippen LogP contribution in [0.3, 0.4) is 0 Å². The van der Waals surface area contributed by atoms with Gasteiger partial charge in [0.15, 0.2) is 6.61 Å². The van der Waals surface area contributed by atoms with Crippen molar-refractivity contribution in [3.8, 4) is 0 Å². The Hall–Kier alpha value is -3.41. The quantitative estimate of drug-likeness (QED) is 0.455. The Labute approximate surface area is 169 Å². The molecule has 0 fully saturated rings. The van der Waals surface area contributed by atoms with Crippen LogP contribution in [0.1, 0.15) is 29.9 Å². The summed E-state index contributed by atoms with van der Waals surface area (Å²) in [6.45, 7) is 3.26. The molecule has 6 heteroatoms. The predicted molar refractivity (Wildman–Crippen MR) is 111 cm³/mol. The lowest BCUT2D eigenvalue weighted by atomic mass is 10.0. The fourth-order valence-corrected chi connectivity index (χ4v) is 3.15. The number of Topliss-reactive ketones (excluding diaryl/α,β-unsaturated/α-hetero) is 1. The Kier molecular flexibility index (Phi) is 6.44. The van der Waals surface area contributed by atoms with Gasteiger partial charge in [-0.3, -0.25) is 9.59 Å². The lowest BCUT2D eigenvalue weighted by Gasteiger charge is -2.21. The summed E-state index contributed by atoms with van der Waals surface area (Å²) >= 11 is 0. The molecule has 1 amide bonds. The average molecular weight is 392 g/mol. The van der Waals surface area contributed by atoms with E-state index < -0.39 is 12.0 Å². The van der Waals surface area contributed by atoms with Crippen LogP contribution in [0.4, 0.5) is 0 Å². The van der Waals surface area contributed by atoms with Crippen LogP contribution in [0.25, 0.3) is 10.8 Å². The summed E-state index contributed by atoms with van der Waals surface area (Å²) in [5, 5.41) is 4.82. The lowest BCUT2D eigenvalue weighted by Crippen LogP contribution is -2.46. The molecule has 1 atom stereocenters. The van der Waals surface area contributed by atoms with Crippen molar-refractivity contribution in [2.75, 3.05) is 6.61 Å². The zero-order chi connectivity index (χ0) is 20.8. The van der Waals surface area contributed by atoms with Crippen LogP contribution >= 0.6 is 0 Å². The number of hydrogen-bond acceptors (Lipinski definition) is 4. The van der Waals surface area contributed by atoms with Crippen LogP contribution in [0.5, 0.6) is 0 Å². The highest BCUT2D eigenvalue weighted by atomic mass is 16.5. The number of benzene rings is 2. The SMILES string of the molecule is CC(C)[C@@H](NC(=O)Cc1cccc2ccccc12)C(=O)OCC(=O)c1ccc[nH]1. The number of fused-ring (bicyclic) bond motifs is 1. The van der Waals surface area contributed by atoms with Crippen molar-refractivity contribution in [2.45, 2.75) is 26.3 Å². The maximum Gasteiger partial charge on any atom is 0.329 e. The number of hydrogen-bond donors (Lipinski definition) is 2. The number of carbonyl (C=O) groups is 3. The van der Waals surface area contributed by atoms with Crippen LogP contribution in [0.15, 0.2) is 60.8 Å². The first-order chi connectivity index (χ1) is 14.0. The van der Waals surface area contributed by atoms with Gasteiger partial charge < -0.3 is 15.0 Å². The summed E-state index contributed by atoms with van der Waals surface area (Å²) < 4.78 is 5.15. The van der Waals surface area contributed by atoms with E-state index in [1.54, 1.807) is 18.3 Å². The minimum absolute atomic E-state index is 0.152. The number of aromatic nitrogens is 1. The van der Waals surface area contributed by atoms with Crippen molar-refractivity contribution >= 4 is 28.4 Å². The molecule has 2 aromatic carbocycles. The monoisotopic (exact) mass is 392 g/mol. The second-order valence-corrected chi connectivity index (χ2v) is 7.22. The van der Waals surface area contributed by atoms with Gasteiger partial charge in [0.1, 0.15) is 6.04 Å². The summed E-state index contributed by atoms with van der Waals surface area (Å²) in [5.41, 5.74) is 1.26. The van der Waals surface area contributed by atoms with Crippen molar-refractivity contribution < 1.29 is 19.1 Å². The number of aromatic amines is 1. The van der Waals surface area contributed by atoms with Crippen molar-refractivity contribution in [2.24, 2.45) is 5.92 Å². The molecule has 0 aliphatic carbocycles. The second kappa shape index (κ2) is 9.19. The largest absolute Gasteiger partial charge is 0.456 e. The van der Waals surface area contributed by atoms with E-state index in [1.807, 2.05) is 56.3 Å². The minimum Gasteiger partial charge on any atom is -0.456 e. The van der Waals surface area contributed by atoms with E-state index in [4.69, 9.17) is 4.74 Å². The molecule has 0 bridgehead atoms. The molecule has 2 N–H and O–H groups in total. The van der Waals surface area contributed by atoms with E-state index in [1.165, 1.54) is 0 Å². The highest BCUT2D eigenvalue weighted by Crippen LogP contribution is 2.19. The average Bonchev–Trinajstić information content (AvgIpc) is 3.25. The number of carbonyl (C=O) groups excluding carboxylic acids is 3. The molecule has 29 heavy (non-hydrogen) atoms. The second-order valence-electron chi connectivity index (χ2n) is 7.22. The fraction of sp³-hybridized carbons (Fsp3) is 0.261. The Morgan fingerprint density at radius 3 is 2.48 bits per heavy atom. The highest BCUT2D eigenvalue weighted by Gasteiger charge is 2.26. The maximum atomic E-state index is 12.6. The van der Waals surface area contributed by atoms with Gasteiger partial charge in [0.25, 0.3) is 0 Å². The molecule has 0 saturated carbocycles. The smallest absolute Gasteiger partial charge is 0.329 e. The summed E-state index contributed by atoms with van der Waals surface area (Å²) in [4.78, 5) is 39.8. The lowest BCUT2D eigenvalue weighted by molar-refractivity contribution is -0.148. The highest BCUT2D eigenvalue weighted by molar-refractivity contribution is 5.97. The van der Waals surface area contributed by atoms with Gasteiger partial charge in [0, 0.05) is 6.20 Å². The number of esters is 1. The number of amides is 1. The van der Waals surface area contributed by atoms with Gasteiger partial charge in [-0.25, -0.2) is 4.79 Å². The first-order valence-electron chi connectivity index (χ1n) is 9.55. The van der Waals surface area contributed by atoms with Gasteiger partial charge >= 0.3 is 5.97 Å². The van der Waals surface area contributed by atoms with Crippen LogP contribution < -0.4 is 5.32 Å². The molecule has 1 aromatic heterocycles. The summed E-state index contributed by atoms with van der Waals surface area (Å²) in [6, 6.07) is 16.1. The molecule has 0 aliphatic heterocycles. The minimum atomic E-state index is -0.825. The first-order valence-corrected chi connectivity index (χ1v) is 9.55. The van der Waals surface area contributed by atoms with E-state index in [2.05, 4.69) is 10.3 Å². The summed E-state index contributed by atoms with van der Waals surface area (Å²) in [5.74, 6) is -1.40. The van der Waals surface area contributed by atoms with Crippen LogP contribution in [0.2, 0.25) is 0 Å². The molecular formula is C23H24N2O4. The molecule has 1 heterocycles. The Morgan fingerprint density at radius 1 is 1.00 bits per heavy atom. The van der Waals surface area contributed by atoms with Gasteiger partial charge in [-0.05, 0) is 34.4 Å². The number of ether oxygens (including phenoxy) is 1. The van der Waals surface area contributed by atoms with E-state index in [0.717, 1.165) is 16.3 Å². The van der Waals surface area contributed by atoms with Crippen molar-refractivity contribution in [1.29, 1.82) is 0 Å². The standard InChI is InChI=1S/C23H24N2O4/c1-15(2)22(23(28)29-14-20(26)19-11-6-12-24-19)25-21(27)13-17-9-5-8-16-7-3-4-10-18(16)17/h3-12,15,22,24H,13-14H2,1-2H3,(H,25,27)/t22-/m1/s1. The van der Waals surface area contributed by atoms with Gasteiger partial charge in [-0.15, -0.1) is 0 Å². The fourth-order valence-electron chi connectivity index (χ4n) is 3.15. The molecule has 0 saturated heterocycles. The molecule has 0 unspecified atom stereocenters. The Morgan fingerprint density at radius 2 is 1.76 bits per heavy atom. The predicted octanol–water partition coefficient (Wildman–Crippen LogP) is 3.28. The molecule has 0 radical (unpaired) electrons. The normalized spacial score (nSPS) is 12.0. The first kappa shape index (κ1) is 20.3. The van der Waals surface area contributed by atoms with Crippen LogP contribution in [0, 0.1) is 5.92 Å². The van der Waals surface area contributed by atoms with Crippen molar-refractivity contribution in [3.05, 3.63) is 72.1 Å². The third-order valence-corrected chi connectivity index (χ3v) is 4.71. The van der Waals surface area contributed by atoms with Crippen molar-refractivity contribution in [1.82, 2.24) is 10.3 Å². The number of ketones is 1. The number of rotatable bonds is 8. The van der Waals surface area contributed by atoms with Crippen LogP contribution in [-0.4, -0.2) is 35.3 Å². The molecule has 3 rings (SSSR count). The zero-order valence-electron chi connectivity index (χ0n) is 16.5. The zero-order valence-corrected chi connectivity index (χ0v) is 16.5. The van der Waals surface area contributed by atoms with E-state index in [0.29, 0.717) is 5.69 Å². The van der Waals surface area contributed by atoms with Gasteiger partial charge in [0.2, 0.25) is 11.7 Å². The topological polar surface area (TPSA) is 88.3 Å². The molecule has 3 aromatic rings. The van der Waals surface area contributed by atoms with Crippen molar-refractivity contribution in [3.63, 3.8) is 0 Å². The van der Waals surface area contributed by atoms with E-state index in [9.17, 15) is 14.4 Å². The van der Waals surface area contributed by atoms with Gasteiger partial charge in [-0.2, -0.15) is 0 Å². The Bertz CT molecular complexity index is 1000. The van der Waals surface area contributed by atoms with Gasteiger partial charge in [-0.1, -0.05) is 56.3 Å². The molecule has 150 valence electrons. The molecule has 0 aliphatic rings. The van der Waals surface area contributed by atoms with Gasteiger partial charge in [0.05, 0.1) is 12.1 Å². The van der Waals surface area contributed by atoms with E-state index >= 15 is 0 Å². The third kappa shape index (κ3) is 5.10. The maximum absolute atomic E-state index is 12.6. The summed E-state index contributed by atoms with van der Waals surface area (Å²) in [7, 11) is 0. The number of nitrogens with one attached hydrogen (secondary N) is 2. The van der Waals surface area contributed by atoms with Crippen LogP contribution in [-0.2, 0) is 20.7 Å². The summed E-state index contributed by atoms with van der Waals surface area (Å²) in [6.07, 6.45) is 1.78. The third-order valence-electron chi connectivity index (χ3n) is 4.71. The number of H-pyrrole nitrogens is 1. The van der Waals surface area contributed by atoms with E-state index in [-0.39, 0.29) is 30.6 Å². The Balaban J connectivity index is 1.62.